The third kappa shape index (κ3) is 3.14. The largest absolute Gasteiger partial charge is 0.338 e. The Balaban J connectivity index is 0.000000815. The van der Waals surface area contributed by atoms with Crippen molar-refractivity contribution >= 4 is 29.0 Å². The maximum Gasteiger partial charge on any atom is 0.106 e. The molecule has 5 heteroatoms. The Hall–Kier alpha value is -1.98. The van der Waals surface area contributed by atoms with Gasteiger partial charge in [0.05, 0.1) is 32.0 Å². The number of rotatable bonds is 3. The van der Waals surface area contributed by atoms with E-state index in [-0.39, 0.29) is 0 Å². The minimum absolute atomic E-state index is 0.933. The minimum atomic E-state index is -1.07. The summed E-state index contributed by atoms with van der Waals surface area (Å²) in [5.41, 5.74) is 2.19. The van der Waals surface area contributed by atoms with Gasteiger partial charge in [0.25, 0.3) is 0 Å². The lowest BCUT2D eigenvalue weighted by Crippen LogP contribution is -2.33. The molecule has 2 aromatic rings. The molecule has 126 valence electrons. The molecule has 2 aliphatic heterocycles. The molecule has 0 spiro atoms. The maximum atomic E-state index is 12.8. The van der Waals surface area contributed by atoms with E-state index in [0.29, 0.717) is 0 Å². The van der Waals surface area contributed by atoms with E-state index in [4.69, 9.17) is 4.79 Å². The Bertz CT molecular complexity index is 679. The zero-order valence-electron chi connectivity index (χ0n) is 13.7. The summed E-state index contributed by atoms with van der Waals surface area (Å²) in [7, 11) is -1.07. The van der Waals surface area contributed by atoms with Crippen LogP contribution >= 0.6 is 0 Å². The first kappa shape index (κ1) is 16.9. The fraction of sp³-hybridized carbons (Fsp3) is 0.316. The van der Waals surface area contributed by atoms with Crippen molar-refractivity contribution in [1.29, 1.82) is 0 Å². The number of para-hydroxylation sites is 2. The van der Waals surface area contributed by atoms with E-state index in [2.05, 4.69) is 21.9 Å². The van der Waals surface area contributed by atoms with E-state index in [1.165, 1.54) is 25.9 Å². The Morgan fingerprint density at radius 2 is 1.33 bits per heavy atom. The molecule has 0 bridgehead atoms. The SMILES string of the molecule is C=O.O=S1c2ccccc2N(CCN2CCCC2)c2ccccc21. The number of carbonyl (C=O) groups excluding carboxylic acids is 1. The predicted octanol–water partition coefficient (Wildman–Crippen LogP) is 3.22. The average Bonchev–Trinajstić information content (AvgIpc) is 3.17. The van der Waals surface area contributed by atoms with Crippen LogP contribution in [-0.4, -0.2) is 42.1 Å². The Morgan fingerprint density at radius 1 is 0.833 bits per heavy atom. The number of likely N-dealkylation sites (tertiary alicyclic amines) is 1. The van der Waals surface area contributed by atoms with E-state index in [1.54, 1.807) is 0 Å². The highest BCUT2D eigenvalue weighted by Gasteiger charge is 2.27. The minimum Gasteiger partial charge on any atom is -0.338 e. The predicted molar refractivity (Wildman–Crippen MR) is 97.4 cm³/mol. The van der Waals surface area contributed by atoms with Crippen LogP contribution in [0.15, 0.2) is 58.3 Å². The zero-order chi connectivity index (χ0) is 16.9. The fourth-order valence-electron chi connectivity index (χ4n) is 3.41. The van der Waals surface area contributed by atoms with Gasteiger partial charge in [-0.2, -0.15) is 0 Å². The average molecular weight is 342 g/mol. The van der Waals surface area contributed by atoms with Crippen molar-refractivity contribution in [2.45, 2.75) is 22.6 Å². The molecule has 0 atom stereocenters. The van der Waals surface area contributed by atoms with Crippen molar-refractivity contribution in [3.05, 3.63) is 48.5 Å². The molecule has 0 unspecified atom stereocenters. The lowest BCUT2D eigenvalue weighted by atomic mass is 10.2. The van der Waals surface area contributed by atoms with Gasteiger partial charge in [0.1, 0.15) is 6.79 Å². The van der Waals surface area contributed by atoms with Gasteiger partial charge in [-0.15, -0.1) is 0 Å². The Kier molecular flexibility index (Phi) is 5.43. The van der Waals surface area contributed by atoms with E-state index < -0.39 is 10.8 Å². The van der Waals surface area contributed by atoms with Crippen LogP contribution in [0, 0.1) is 0 Å². The normalized spacial score (nSPS) is 16.9. The van der Waals surface area contributed by atoms with Crippen molar-refractivity contribution in [1.82, 2.24) is 4.90 Å². The molecule has 0 N–H and O–H groups in total. The molecular weight excluding hydrogens is 320 g/mol. The highest BCUT2D eigenvalue weighted by molar-refractivity contribution is 7.85. The van der Waals surface area contributed by atoms with Gasteiger partial charge in [-0.05, 0) is 50.2 Å². The molecule has 2 heterocycles. The molecule has 1 saturated heterocycles. The molecule has 2 aromatic carbocycles. The highest BCUT2D eigenvalue weighted by atomic mass is 32.2. The number of carbonyl (C=O) groups is 1. The Morgan fingerprint density at radius 3 is 1.88 bits per heavy atom. The summed E-state index contributed by atoms with van der Waals surface area (Å²) in [5, 5.41) is 0. The number of anilines is 2. The van der Waals surface area contributed by atoms with Gasteiger partial charge in [0.15, 0.2) is 0 Å². The molecule has 0 radical (unpaired) electrons. The van der Waals surface area contributed by atoms with Crippen molar-refractivity contribution in [3.8, 4) is 0 Å². The van der Waals surface area contributed by atoms with Crippen molar-refractivity contribution in [2.24, 2.45) is 0 Å². The maximum absolute atomic E-state index is 12.8. The number of nitrogens with zero attached hydrogens (tertiary/aromatic N) is 2. The van der Waals surface area contributed by atoms with E-state index >= 15 is 0 Å². The van der Waals surface area contributed by atoms with Gasteiger partial charge < -0.3 is 14.6 Å². The molecule has 1 fully saturated rings. The van der Waals surface area contributed by atoms with Gasteiger partial charge in [0.2, 0.25) is 0 Å². The van der Waals surface area contributed by atoms with Crippen LogP contribution in [0.2, 0.25) is 0 Å². The lowest BCUT2D eigenvalue weighted by Gasteiger charge is -2.33. The van der Waals surface area contributed by atoms with Crippen molar-refractivity contribution < 1.29 is 9.00 Å². The fourth-order valence-corrected chi connectivity index (χ4v) is 4.79. The van der Waals surface area contributed by atoms with E-state index in [0.717, 1.165) is 34.3 Å². The number of fused-ring (bicyclic) bond motifs is 2. The molecule has 0 aromatic heterocycles. The topological polar surface area (TPSA) is 40.6 Å². The highest BCUT2D eigenvalue weighted by Crippen LogP contribution is 2.41. The zero-order valence-corrected chi connectivity index (χ0v) is 14.5. The molecule has 0 saturated carbocycles. The molecule has 0 aliphatic carbocycles. The molecular formula is C19H22N2O2S. The second-order valence-electron chi connectivity index (χ2n) is 5.90. The van der Waals surface area contributed by atoms with E-state index in [1.807, 2.05) is 43.2 Å². The van der Waals surface area contributed by atoms with Crippen LogP contribution < -0.4 is 4.90 Å². The summed E-state index contributed by atoms with van der Waals surface area (Å²) in [6, 6.07) is 16.2. The van der Waals surface area contributed by atoms with Crippen LogP contribution in [0.5, 0.6) is 0 Å². The first-order valence-corrected chi connectivity index (χ1v) is 9.38. The number of hydrogen-bond acceptors (Lipinski definition) is 4. The van der Waals surface area contributed by atoms with Crippen molar-refractivity contribution in [2.75, 3.05) is 31.1 Å². The van der Waals surface area contributed by atoms with Crippen LogP contribution in [0.1, 0.15) is 12.8 Å². The summed E-state index contributed by atoms with van der Waals surface area (Å²) in [4.78, 5) is 14.7. The van der Waals surface area contributed by atoms with Gasteiger partial charge in [-0.3, -0.25) is 0 Å². The van der Waals surface area contributed by atoms with Crippen LogP contribution in [-0.2, 0) is 15.6 Å². The second-order valence-corrected chi connectivity index (χ2v) is 7.32. The van der Waals surface area contributed by atoms with Crippen LogP contribution in [0.4, 0.5) is 11.4 Å². The molecule has 0 amide bonds. The summed E-state index contributed by atoms with van der Waals surface area (Å²) in [5.74, 6) is 0. The number of hydrogen-bond donors (Lipinski definition) is 0. The third-order valence-corrected chi connectivity index (χ3v) is 6.04. The van der Waals surface area contributed by atoms with E-state index in [9.17, 15) is 4.21 Å². The van der Waals surface area contributed by atoms with Gasteiger partial charge >= 0.3 is 0 Å². The summed E-state index contributed by atoms with van der Waals surface area (Å²) < 4.78 is 12.8. The summed E-state index contributed by atoms with van der Waals surface area (Å²) in [6.45, 7) is 6.44. The first-order chi connectivity index (χ1) is 11.8. The number of benzene rings is 2. The first-order valence-electron chi connectivity index (χ1n) is 8.23. The van der Waals surface area contributed by atoms with Crippen LogP contribution in [0.3, 0.4) is 0 Å². The lowest BCUT2D eigenvalue weighted by molar-refractivity contribution is -0.0979. The Labute approximate surface area is 145 Å². The van der Waals surface area contributed by atoms with Gasteiger partial charge in [-0.25, -0.2) is 4.21 Å². The standard InChI is InChI=1S/C18H20N2OS.CH2O/c21-22-17-9-3-1-7-15(17)20(14-13-19-11-5-6-12-19)16-8-2-4-10-18(16)22;1-2/h1-4,7-10H,5-6,11-14H2;1H2. The second kappa shape index (κ2) is 7.73. The monoisotopic (exact) mass is 342 g/mol. The summed E-state index contributed by atoms with van der Waals surface area (Å²) in [6.07, 6.45) is 2.63. The molecule has 24 heavy (non-hydrogen) atoms. The quantitative estimate of drug-likeness (QED) is 0.859. The molecule has 4 nitrogen and oxygen atoms in total. The van der Waals surface area contributed by atoms with Crippen LogP contribution in [0.25, 0.3) is 0 Å². The smallest absolute Gasteiger partial charge is 0.106 e. The summed E-state index contributed by atoms with van der Waals surface area (Å²) >= 11 is 0. The van der Waals surface area contributed by atoms with Crippen molar-refractivity contribution in [3.63, 3.8) is 0 Å². The third-order valence-electron chi connectivity index (χ3n) is 4.55. The molecule has 2 aliphatic rings. The van der Waals surface area contributed by atoms with Gasteiger partial charge in [-0.1, -0.05) is 24.3 Å². The van der Waals surface area contributed by atoms with Gasteiger partial charge in [0, 0.05) is 13.1 Å². The molecule has 4 rings (SSSR count).